The van der Waals surface area contributed by atoms with Crippen molar-refractivity contribution in [3.8, 4) is 11.3 Å². The summed E-state index contributed by atoms with van der Waals surface area (Å²) in [6.07, 6.45) is 0. The van der Waals surface area contributed by atoms with E-state index in [4.69, 9.17) is 11.6 Å². The van der Waals surface area contributed by atoms with E-state index < -0.39 is 5.97 Å². The first-order valence-corrected chi connectivity index (χ1v) is 6.83. The number of rotatable bonds is 2. The van der Waals surface area contributed by atoms with E-state index in [0.29, 0.717) is 21.6 Å². The van der Waals surface area contributed by atoms with Crippen LogP contribution < -0.4 is 0 Å². The third-order valence-electron chi connectivity index (χ3n) is 3.40. The van der Waals surface area contributed by atoms with E-state index in [9.17, 15) is 9.90 Å². The van der Waals surface area contributed by atoms with Crippen LogP contribution in [0.25, 0.3) is 22.2 Å². The van der Waals surface area contributed by atoms with Crippen LogP contribution in [0.1, 0.15) is 15.9 Å². The Morgan fingerprint density at radius 1 is 1.14 bits per heavy atom. The van der Waals surface area contributed by atoms with Crippen LogP contribution in [-0.2, 0) is 0 Å². The third kappa shape index (κ3) is 2.48. The molecule has 0 atom stereocenters. The van der Waals surface area contributed by atoms with Gasteiger partial charge in [-0.15, -0.1) is 0 Å². The summed E-state index contributed by atoms with van der Waals surface area (Å²) in [5.74, 6) is -0.958. The Labute approximate surface area is 126 Å². The van der Waals surface area contributed by atoms with E-state index in [2.05, 4.69) is 4.98 Å². The zero-order chi connectivity index (χ0) is 15.0. The predicted octanol–water partition coefficient (Wildman–Crippen LogP) is 4.56. The van der Waals surface area contributed by atoms with Gasteiger partial charge in [-0.1, -0.05) is 35.9 Å². The van der Waals surface area contributed by atoms with Gasteiger partial charge in [0.05, 0.1) is 16.8 Å². The number of nitrogens with zero attached hydrogens (tertiary/aromatic N) is 1. The number of aryl methyl sites for hydroxylation is 1. The summed E-state index contributed by atoms with van der Waals surface area (Å²) in [6, 6.07) is 14.4. The van der Waals surface area contributed by atoms with Crippen LogP contribution in [-0.4, -0.2) is 16.1 Å². The largest absolute Gasteiger partial charge is 0.478 e. The van der Waals surface area contributed by atoms with Crippen molar-refractivity contribution in [2.75, 3.05) is 0 Å². The molecule has 3 rings (SSSR count). The first-order valence-electron chi connectivity index (χ1n) is 6.46. The minimum atomic E-state index is -0.958. The molecule has 0 saturated carbocycles. The van der Waals surface area contributed by atoms with E-state index in [1.165, 1.54) is 0 Å². The van der Waals surface area contributed by atoms with E-state index in [1.54, 1.807) is 18.2 Å². The molecular formula is C17H12ClNO2. The summed E-state index contributed by atoms with van der Waals surface area (Å²) >= 11 is 6.03. The molecule has 0 fully saturated rings. The van der Waals surface area contributed by atoms with Gasteiger partial charge in [-0.05, 0) is 36.8 Å². The van der Waals surface area contributed by atoms with Crippen LogP contribution in [0.15, 0.2) is 48.5 Å². The highest BCUT2D eigenvalue weighted by Gasteiger charge is 2.12. The molecule has 0 saturated heterocycles. The number of carboxylic acids is 1. The highest BCUT2D eigenvalue weighted by atomic mass is 35.5. The maximum atomic E-state index is 11.5. The number of aromatic nitrogens is 1. The number of halogens is 1. The van der Waals surface area contributed by atoms with Gasteiger partial charge < -0.3 is 5.11 Å². The summed E-state index contributed by atoms with van der Waals surface area (Å²) in [5.41, 5.74) is 3.33. The second-order valence-corrected chi connectivity index (χ2v) is 5.25. The SMILES string of the molecule is Cc1cc(-c2cc(C(=O)O)c3ccccc3n2)ccc1Cl. The van der Waals surface area contributed by atoms with Crippen LogP contribution in [0.4, 0.5) is 0 Å². The fraction of sp³-hybridized carbons (Fsp3) is 0.0588. The van der Waals surface area contributed by atoms with E-state index in [-0.39, 0.29) is 5.56 Å². The molecule has 0 radical (unpaired) electrons. The normalized spacial score (nSPS) is 10.8. The molecule has 1 heterocycles. The Bertz CT molecular complexity index is 859. The Hall–Kier alpha value is -2.39. The van der Waals surface area contributed by atoms with Crippen molar-refractivity contribution in [2.24, 2.45) is 0 Å². The zero-order valence-corrected chi connectivity index (χ0v) is 12.1. The molecule has 1 N–H and O–H groups in total. The van der Waals surface area contributed by atoms with Crippen LogP contribution in [0.3, 0.4) is 0 Å². The summed E-state index contributed by atoms with van der Waals surface area (Å²) in [6.45, 7) is 1.91. The van der Waals surface area contributed by atoms with Gasteiger partial charge in [-0.25, -0.2) is 9.78 Å². The van der Waals surface area contributed by atoms with Crippen molar-refractivity contribution in [2.45, 2.75) is 6.92 Å². The molecule has 0 spiro atoms. The number of fused-ring (bicyclic) bond motifs is 1. The lowest BCUT2D eigenvalue weighted by Crippen LogP contribution is -2.00. The monoisotopic (exact) mass is 297 g/mol. The lowest BCUT2D eigenvalue weighted by Gasteiger charge is -2.08. The number of carbonyl (C=O) groups is 1. The fourth-order valence-electron chi connectivity index (χ4n) is 2.30. The molecular weight excluding hydrogens is 286 g/mol. The van der Waals surface area contributed by atoms with Crippen molar-refractivity contribution < 1.29 is 9.90 Å². The lowest BCUT2D eigenvalue weighted by atomic mass is 10.0. The fourth-order valence-corrected chi connectivity index (χ4v) is 2.42. The highest BCUT2D eigenvalue weighted by Crippen LogP contribution is 2.27. The van der Waals surface area contributed by atoms with Crippen molar-refractivity contribution in [1.29, 1.82) is 0 Å². The molecule has 104 valence electrons. The minimum absolute atomic E-state index is 0.253. The summed E-state index contributed by atoms with van der Waals surface area (Å²) in [7, 11) is 0. The van der Waals surface area contributed by atoms with Crippen molar-refractivity contribution in [3.05, 3.63) is 64.7 Å². The average molecular weight is 298 g/mol. The van der Waals surface area contributed by atoms with E-state index >= 15 is 0 Å². The molecule has 0 aliphatic heterocycles. The second kappa shape index (κ2) is 5.19. The first kappa shape index (κ1) is 13.6. The Morgan fingerprint density at radius 2 is 1.90 bits per heavy atom. The van der Waals surface area contributed by atoms with Crippen LogP contribution in [0.2, 0.25) is 5.02 Å². The molecule has 0 aliphatic rings. The number of pyridine rings is 1. The number of aromatic carboxylic acids is 1. The van der Waals surface area contributed by atoms with Crippen LogP contribution >= 0.6 is 11.6 Å². The molecule has 0 amide bonds. The molecule has 0 aliphatic carbocycles. The van der Waals surface area contributed by atoms with Gasteiger partial charge in [0, 0.05) is 16.0 Å². The lowest BCUT2D eigenvalue weighted by molar-refractivity contribution is 0.0699. The minimum Gasteiger partial charge on any atom is -0.478 e. The van der Waals surface area contributed by atoms with E-state index in [0.717, 1.165) is 11.1 Å². The quantitative estimate of drug-likeness (QED) is 0.754. The first-order chi connectivity index (χ1) is 10.1. The Morgan fingerprint density at radius 3 is 2.62 bits per heavy atom. The van der Waals surface area contributed by atoms with Crippen molar-refractivity contribution >= 4 is 28.5 Å². The number of carboxylic acid groups (broad SMARTS) is 1. The standard InChI is InChI=1S/C17H12ClNO2/c1-10-8-11(6-7-14(10)18)16-9-13(17(20)21)12-4-2-3-5-15(12)19-16/h2-9H,1H3,(H,20,21). The Balaban J connectivity index is 2.28. The average Bonchev–Trinajstić information content (AvgIpc) is 2.48. The summed E-state index contributed by atoms with van der Waals surface area (Å²) in [4.78, 5) is 16.0. The number of hydrogen-bond donors (Lipinski definition) is 1. The molecule has 3 nitrogen and oxygen atoms in total. The molecule has 4 heteroatoms. The van der Waals surface area contributed by atoms with Crippen LogP contribution in [0.5, 0.6) is 0 Å². The number of hydrogen-bond acceptors (Lipinski definition) is 2. The van der Waals surface area contributed by atoms with E-state index in [1.807, 2.05) is 37.3 Å². The maximum absolute atomic E-state index is 11.5. The Kier molecular flexibility index (Phi) is 3.35. The van der Waals surface area contributed by atoms with Gasteiger partial charge in [-0.3, -0.25) is 0 Å². The second-order valence-electron chi connectivity index (χ2n) is 4.84. The summed E-state index contributed by atoms with van der Waals surface area (Å²) in [5, 5.41) is 10.7. The van der Waals surface area contributed by atoms with Crippen molar-refractivity contribution in [1.82, 2.24) is 4.98 Å². The molecule has 1 aromatic heterocycles. The highest BCUT2D eigenvalue weighted by molar-refractivity contribution is 6.31. The summed E-state index contributed by atoms with van der Waals surface area (Å²) < 4.78 is 0. The third-order valence-corrected chi connectivity index (χ3v) is 3.82. The molecule has 0 bridgehead atoms. The van der Waals surface area contributed by atoms with Gasteiger partial charge in [0.15, 0.2) is 0 Å². The van der Waals surface area contributed by atoms with Gasteiger partial charge >= 0.3 is 5.97 Å². The maximum Gasteiger partial charge on any atom is 0.336 e. The molecule has 3 aromatic rings. The van der Waals surface area contributed by atoms with Crippen molar-refractivity contribution in [3.63, 3.8) is 0 Å². The zero-order valence-electron chi connectivity index (χ0n) is 11.3. The molecule has 21 heavy (non-hydrogen) atoms. The van der Waals surface area contributed by atoms with Crippen LogP contribution in [0, 0.1) is 6.92 Å². The number of para-hydroxylation sites is 1. The number of benzene rings is 2. The smallest absolute Gasteiger partial charge is 0.336 e. The molecule has 2 aromatic carbocycles. The topological polar surface area (TPSA) is 50.2 Å². The molecule has 0 unspecified atom stereocenters. The van der Waals surface area contributed by atoms with Gasteiger partial charge in [0.25, 0.3) is 0 Å². The predicted molar refractivity (Wildman–Crippen MR) is 83.9 cm³/mol. The van der Waals surface area contributed by atoms with Gasteiger partial charge in [0.2, 0.25) is 0 Å². The van der Waals surface area contributed by atoms with Gasteiger partial charge in [-0.2, -0.15) is 0 Å². The van der Waals surface area contributed by atoms with Gasteiger partial charge in [0.1, 0.15) is 0 Å².